The first kappa shape index (κ1) is 119. The lowest BCUT2D eigenvalue weighted by Crippen LogP contribution is -2.05. The lowest BCUT2D eigenvalue weighted by Gasteiger charge is -2.11. The number of hydrogen-bond acceptors (Lipinski definition) is 4. The maximum absolute atomic E-state index is 5.55. The molecule has 716 valence electrons. The highest BCUT2D eigenvalue weighted by Crippen LogP contribution is 2.28. The van der Waals surface area contributed by atoms with Gasteiger partial charge in [0.2, 0.25) is 0 Å². The van der Waals surface area contributed by atoms with E-state index >= 15 is 0 Å². The number of hydrogen-bond donors (Lipinski definition) is 0. The summed E-state index contributed by atoms with van der Waals surface area (Å²) in [4.78, 5) is 0. The molecular weight excluding hydrogens is 1600 g/mol. The van der Waals surface area contributed by atoms with E-state index in [2.05, 4.69) is 483 Å². The van der Waals surface area contributed by atoms with E-state index < -0.39 is 0 Å². The van der Waals surface area contributed by atoms with Crippen LogP contribution in [0.2, 0.25) is 0 Å². The topological polar surface area (TPSA) is 36.9 Å². The molecule has 0 unspecified atom stereocenters. The second kappa shape index (κ2) is 68.4. The molecule has 0 bridgehead atoms. The summed E-state index contributed by atoms with van der Waals surface area (Å²) in [5.74, 6) is 17.0. The molecule has 0 radical (unpaired) electrons. The Bertz CT molecular complexity index is 4280. The van der Waals surface area contributed by atoms with Gasteiger partial charge in [0.05, 0.1) is 19.3 Å². The predicted molar refractivity (Wildman–Crippen MR) is 586 cm³/mol. The van der Waals surface area contributed by atoms with Crippen molar-refractivity contribution in [1.29, 1.82) is 0 Å². The highest BCUT2D eigenvalue weighted by atomic mass is 16.5. The molecule has 4 heteroatoms. The van der Waals surface area contributed by atoms with Crippen LogP contribution in [0.15, 0.2) is 291 Å². The summed E-state index contributed by atoms with van der Waals surface area (Å²) in [5, 5.41) is 0. The summed E-state index contributed by atoms with van der Waals surface area (Å²) in [7, 11) is 0. The van der Waals surface area contributed by atoms with Gasteiger partial charge in [-0.3, -0.25) is 0 Å². The number of ether oxygens (including phenoxy) is 4. The number of rotatable bonds is 21. The van der Waals surface area contributed by atoms with Crippen molar-refractivity contribution in [2.24, 2.45) is 0 Å². The fourth-order valence-corrected chi connectivity index (χ4v) is 12.4. The third kappa shape index (κ3) is 55.0. The first-order valence-electron chi connectivity index (χ1n) is 49.3. The minimum Gasteiger partial charge on any atom is -0.494 e. The molecule has 0 heterocycles. The van der Waals surface area contributed by atoms with Crippen LogP contribution in [0, 0.1) is 67.2 Å². The molecule has 0 aromatic heterocycles. The first-order chi connectivity index (χ1) is 62.4. The zero-order valence-electron chi connectivity index (χ0n) is 89.7. The zero-order valence-corrected chi connectivity index (χ0v) is 89.7. The molecular formula is C128H180O4. The molecule has 0 amide bonds. The summed E-state index contributed by atoms with van der Waals surface area (Å²) in [6.07, 6.45) is 1.32. The van der Waals surface area contributed by atoms with E-state index in [0.29, 0.717) is 77.6 Å². The van der Waals surface area contributed by atoms with Crippen molar-refractivity contribution >= 4 is 0 Å². The van der Waals surface area contributed by atoms with Crippen LogP contribution in [0.4, 0.5) is 0 Å². The average Bonchev–Trinajstić information content (AvgIpc) is 0.869. The van der Waals surface area contributed by atoms with Crippen molar-refractivity contribution in [2.45, 2.75) is 340 Å². The quantitative estimate of drug-likeness (QED) is 0.0672. The van der Waals surface area contributed by atoms with Gasteiger partial charge in [-0.1, -0.05) is 472 Å². The largest absolute Gasteiger partial charge is 0.494 e. The zero-order chi connectivity index (χ0) is 99.4. The van der Waals surface area contributed by atoms with E-state index in [4.69, 9.17) is 18.9 Å². The number of para-hydroxylation sites is 1. The van der Waals surface area contributed by atoms with Crippen LogP contribution in [0.3, 0.4) is 0 Å². The molecule has 0 aliphatic rings. The van der Waals surface area contributed by atoms with E-state index in [0.717, 1.165) is 42.6 Å². The predicted octanol–water partition coefficient (Wildman–Crippen LogP) is 38.6. The van der Waals surface area contributed by atoms with E-state index in [1.807, 2.05) is 76.2 Å². The van der Waals surface area contributed by atoms with Gasteiger partial charge in [-0.05, 0) is 270 Å². The Morgan fingerprint density at radius 1 is 0.212 bits per heavy atom. The molecule has 132 heavy (non-hydrogen) atoms. The molecule has 0 aliphatic heterocycles. The summed E-state index contributed by atoms with van der Waals surface area (Å²) in [5.41, 5.74) is 27.4. The second-order valence-electron chi connectivity index (χ2n) is 38.6. The Labute approximate surface area is 810 Å². The molecule has 0 spiro atoms. The van der Waals surface area contributed by atoms with Gasteiger partial charge in [0.15, 0.2) is 0 Å². The van der Waals surface area contributed by atoms with Crippen molar-refractivity contribution in [2.75, 3.05) is 19.8 Å². The van der Waals surface area contributed by atoms with Gasteiger partial charge in [0, 0.05) is 0 Å². The Balaban J connectivity index is 0.000000721. The van der Waals surface area contributed by atoms with Gasteiger partial charge < -0.3 is 18.9 Å². The van der Waals surface area contributed by atoms with Crippen molar-refractivity contribution in [3.63, 3.8) is 0 Å². The van der Waals surface area contributed by atoms with Gasteiger partial charge in [-0.25, -0.2) is 0 Å². The molecule has 0 atom stereocenters. The molecule has 12 aromatic carbocycles. The lowest BCUT2D eigenvalue weighted by molar-refractivity contribution is 0.242. The summed E-state index contributed by atoms with van der Waals surface area (Å²) < 4.78 is 21.9. The van der Waals surface area contributed by atoms with Crippen LogP contribution < -0.4 is 18.9 Å². The standard InChI is InChI=1S/C13H16O.2C12H18O.C11H16O.8C10H14/c1-4-5-10-14-13-8-6-12(7-9-13)11(2)3;1-9(2)11-5-7-12(8-6-11)13-10(3)4;1-4-9-13-12-7-5-11(6-8-12)10(2)3;1-4-12-11-8-6-5-7-10(11)9(2)3;8*1-8(2)10-6-4-9(3)5-7-10/h6-9,11H,10H2,1-3H3;5-10H,1-4H3;5-8,10H,4,9H2,1-3H3;5-9H,4H2,1-3H3;8*4-8H,1-3H3. The maximum atomic E-state index is 5.55. The molecule has 12 aromatic rings. The fraction of sp³-hybridized carbons (Fsp3) is 0.422. The van der Waals surface area contributed by atoms with Gasteiger partial charge >= 0.3 is 0 Å². The Kier molecular flexibility index (Phi) is 61.9. The van der Waals surface area contributed by atoms with E-state index in [1.165, 1.54) is 111 Å². The molecule has 0 fully saturated rings. The first-order valence-corrected chi connectivity index (χ1v) is 49.3. The minimum absolute atomic E-state index is 0.255. The smallest absolute Gasteiger partial charge is 0.149 e. The third-order valence-corrected chi connectivity index (χ3v) is 21.8. The molecule has 0 aliphatic carbocycles. The van der Waals surface area contributed by atoms with Crippen molar-refractivity contribution in [3.8, 4) is 34.8 Å². The fourth-order valence-electron chi connectivity index (χ4n) is 12.4. The lowest BCUT2D eigenvalue weighted by atomic mass is 10.0. The summed E-state index contributed by atoms with van der Waals surface area (Å²) >= 11 is 0. The monoisotopic (exact) mass is 1780 g/mol. The van der Waals surface area contributed by atoms with Crippen LogP contribution in [-0.4, -0.2) is 25.9 Å². The molecule has 4 nitrogen and oxygen atoms in total. The molecule has 0 saturated heterocycles. The van der Waals surface area contributed by atoms with Crippen molar-refractivity contribution in [3.05, 3.63) is 402 Å². The van der Waals surface area contributed by atoms with Crippen molar-refractivity contribution < 1.29 is 18.9 Å². The Morgan fingerprint density at radius 3 is 0.576 bits per heavy atom. The van der Waals surface area contributed by atoms with Crippen LogP contribution in [0.5, 0.6) is 23.0 Å². The van der Waals surface area contributed by atoms with Gasteiger partial charge in [-0.2, -0.15) is 0 Å². The average molecular weight is 1780 g/mol. The molecule has 0 N–H and O–H groups in total. The third-order valence-electron chi connectivity index (χ3n) is 21.8. The normalized spacial score (nSPS) is 10.3. The van der Waals surface area contributed by atoms with Gasteiger partial charge in [-0.15, -0.1) is 5.92 Å². The van der Waals surface area contributed by atoms with Crippen LogP contribution in [0.25, 0.3) is 0 Å². The van der Waals surface area contributed by atoms with Crippen molar-refractivity contribution in [1.82, 2.24) is 0 Å². The van der Waals surface area contributed by atoms with Gasteiger partial charge in [0.25, 0.3) is 0 Å². The van der Waals surface area contributed by atoms with Gasteiger partial charge in [0.1, 0.15) is 29.6 Å². The van der Waals surface area contributed by atoms with E-state index in [1.54, 1.807) is 0 Å². The second-order valence-corrected chi connectivity index (χ2v) is 38.6. The SMILES string of the molecule is CC#CCOc1ccc(C(C)C)cc1.CC(C)Oc1ccc(C(C)C)cc1.CCCOc1ccc(C(C)C)cc1.CCOc1ccccc1C(C)C.Cc1ccc(C(C)C)cc1.Cc1ccc(C(C)C)cc1.Cc1ccc(C(C)C)cc1.Cc1ccc(C(C)C)cc1.Cc1ccc(C(C)C)cc1.Cc1ccc(C(C)C)cc1.Cc1ccc(C(C)C)cc1.Cc1ccc(C(C)C)cc1. The van der Waals surface area contributed by atoms with E-state index in [-0.39, 0.29) is 6.10 Å². The van der Waals surface area contributed by atoms with E-state index in [9.17, 15) is 0 Å². The van der Waals surface area contributed by atoms with Crippen LogP contribution in [0.1, 0.15) is 389 Å². The summed E-state index contributed by atoms with van der Waals surface area (Å²) in [6.45, 7) is 81.8. The summed E-state index contributed by atoms with van der Waals surface area (Å²) in [6, 6.07) is 103. The minimum atomic E-state index is 0.255. The highest BCUT2D eigenvalue weighted by Gasteiger charge is 2.08. The highest BCUT2D eigenvalue weighted by molar-refractivity contribution is 5.37. The molecule has 0 saturated carbocycles. The van der Waals surface area contributed by atoms with Crippen LogP contribution >= 0.6 is 0 Å². The Morgan fingerprint density at radius 2 is 0.402 bits per heavy atom. The molecule has 12 rings (SSSR count). The maximum Gasteiger partial charge on any atom is 0.149 e. The Hall–Kier alpha value is -10.6. The number of benzene rings is 12. The van der Waals surface area contributed by atoms with Crippen LogP contribution in [-0.2, 0) is 0 Å². The number of aryl methyl sites for hydroxylation is 8.